The van der Waals surface area contributed by atoms with E-state index >= 15 is 0 Å². The number of benzene rings is 1. The van der Waals surface area contributed by atoms with Gasteiger partial charge in [-0.2, -0.15) is 0 Å². The van der Waals surface area contributed by atoms with Crippen molar-refractivity contribution >= 4 is 11.6 Å². The number of ether oxygens (including phenoxy) is 2. The van der Waals surface area contributed by atoms with Gasteiger partial charge in [-0.25, -0.2) is 0 Å². The summed E-state index contributed by atoms with van der Waals surface area (Å²) < 4.78 is 10.5. The molecule has 0 spiro atoms. The zero-order valence-corrected chi connectivity index (χ0v) is 11.3. The third-order valence-corrected chi connectivity index (χ3v) is 3.52. The van der Waals surface area contributed by atoms with E-state index in [1.54, 1.807) is 25.3 Å². The number of hydrogen-bond donors (Lipinski definition) is 2. The number of nitrogen functional groups attached to an aromatic ring is 1. The van der Waals surface area contributed by atoms with Crippen molar-refractivity contribution in [3.8, 4) is 5.75 Å². The first kappa shape index (κ1) is 13.7. The van der Waals surface area contributed by atoms with Crippen LogP contribution >= 0.6 is 0 Å². The van der Waals surface area contributed by atoms with Gasteiger partial charge in [-0.1, -0.05) is 0 Å². The van der Waals surface area contributed by atoms with Crippen LogP contribution in [0.3, 0.4) is 0 Å². The molecule has 1 amide bonds. The van der Waals surface area contributed by atoms with E-state index in [0.717, 1.165) is 19.3 Å². The molecule has 19 heavy (non-hydrogen) atoms. The highest BCUT2D eigenvalue weighted by Crippen LogP contribution is 2.24. The Morgan fingerprint density at radius 1 is 1.37 bits per heavy atom. The fourth-order valence-electron chi connectivity index (χ4n) is 2.44. The smallest absolute Gasteiger partial charge is 0.255 e. The molecule has 1 aromatic rings. The maximum atomic E-state index is 12.2. The summed E-state index contributed by atoms with van der Waals surface area (Å²) in [5, 5.41) is 3.01. The van der Waals surface area contributed by atoms with Crippen molar-refractivity contribution in [2.45, 2.75) is 31.4 Å². The van der Waals surface area contributed by atoms with Gasteiger partial charge in [0.2, 0.25) is 0 Å². The van der Waals surface area contributed by atoms with Crippen LogP contribution in [0.1, 0.15) is 29.6 Å². The van der Waals surface area contributed by atoms with Crippen molar-refractivity contribution in [1.82, 2.24) is 5.32 Å². The third-order valence-electron chi connectivity index (χ3n) is 3.52. The molecular formula is C14H20N2O3. The quantitative estimate of drug-likeness (QED) is 0.810. The molecular weight excluding hydrogens is 244 g/mol. The van der Waals surface area contributed by atoms with Gasteiger partial charge in [0, 0.05) is 24.9 Å². The summed E-state index contributed by atoms with van der Waals surface area (Å²) in [6.07, 6.45) is 3.04. The predicted molar refractivity (Wildman–Crippen MR) is 73.3 cm³/mol. The highest BCUT2D eigenvalue weighted by Gasteiger charge is 2.26. The molecule has 0 radical (unpaired) electrons. The summed E-state index contributed by atoms with van der Waals surface area (Å²) in [5.41, 5.74) is 6.76. The first-order valence-corrected chi connectivity index (χ1v) is 6.41. The van der Waals surface area contributed by atoms with Gasteiger partial charge in [0.15, 0.2) is 0 Å². The monoisotopic (exact) mass is 264 g/mol. The Morgan fingerprint density at radius 2 is 2.16 bits per heavy atom. The summed E-state index contributed by atoms with van der Waals surface area (Å²) in [4.78, 5) is 12.2. The number of anilines is 1. The lowest BCUT2D eigenvalue weighted by Gasteiger charge is -2.15. The molecule has 0 saturated heterocycles. The van der Waals surface area contributed by atoms with Gasteiger partial charge in [-0.3, -0.25) is 4.79 Å². The van der Waals surface area contributed by atoms with Crippen LogP contribution in [-0.2, 0) is 4.74 Å². The van der Waals surface area contributed by atoms with Gasteiger partial charge in [0.05, 0.1) is 18.8 Å². The number of hydrogen-bond acceptors (Lipinski definition) is 4. The molecule has 5 heteroatoms. The van der Waals surface area contributed by atoms with Crippen molar-refractivity contribution in [2.75, 3.05) is 20.0 Å². The zero-order chi connectivity index (χ0) is 13.8. The Labute approximate surface area is 113 Å². The van der Waals surface area contributed by atoms with E-state index in [9.17, 15) is 4.79 Å². The predicted octanol–water partition coefficient (Wildman–Crippen LogP) is 1.57. The zero-order valence-electron chi connectivity index (χ0n) is 11.3. The SMILES string of the molecule is COc1cc(N)ccc1C(=O)NC1CCC(OC)C1. The normalized spacial score (nSPS) is 22.2. The summed E-state index contributed by atoms with van der Waals surface area (Å²) in [5.74, 6) is 0.373. The van der Waals surface area contributed by atoms with Crippen LogP contribution in [0.25, 0.3) is 0 Å². The fraction of sp³-hybridized carbons (Fsp3) is 0.500. The van der Waals surface area contributed by atoms with Gasteiger partial charge in [0.1, 0.15) is 5.75 Å². The minimum Gasteiger partial charge on any atom is -0.496 e. The Kier molecular flexibility index (Phi) is 4.27. The first-order valence-electron chi connectivity index (χ1n) is 6.41. The number of carbonyl (C=O) groups excluding carboxylic acids is 1. The second-order valence-corrected chi connectivity index (χ2v) is 4.80. The van der Waals surface area contributed by atoms with Gasteiger partial charge in [-0.15, -0.1) is 0 Å². The van der Waals surface area contributed by atoms with E-state index in [1.165, 1.54) is 7.11 Å². The first-order chi connectivity index (χ1) is 9.13. The van der Waals surface area contributed by atoms with E-state index in [-0.39, 0.29) is 18.1 Å². The molecule has 0 aliphatic heterocycles. The number of nitrogens with two attached hydrogens (primary N) is 1. The standard InChI is InChI=1S/C14H20N2O3/c1-18-11-5-4-10(8-11)16-14(17)12-6-3-9(15)7-13(12)19-2/h3,6-7,10-11H,4-5,8,15H2,1-2H3,(H,16,17). The topological polar surface area (TPSA) is 73.6 Å². The number of rotatable bonds is 4. The Balaban J connectivity index is 2.04. The van der Waals surface area contributed by atoms with Crippen molar-refractivity contribution in [3.63, 3.8) is 0 Å². The molecule has 1 aliphatic rings. The van der Waals surface area contributed by atoms with Crippen LogP contribution in [0.4, 0.5) is 5.69 Å². The lowest BCUT2D eigenvalue weighted by atomic mass is 10.1. The molecule has 1 saturated carbocycles. The van der Waals surface area contributed by atoms with E-state index < -0.39 is 0 Å². The van der Waals surface area contributed by atoms with Crippen molar-refractivity contribution < 1.29 is 14.3 Å². The van der Waals surface area contributed by atoms with Crippen molar-refractivity contribution in [2.24, 2.45) is 0 Å². The third kappa shape index (κ3) is 3.17. The summed E-state index contributed by atoms with van der Waals surface area (Å²) in [7, 11) is 3.24. The fourth-order valence-corrected chi connectivity index (χ4v) is 2.44. The van der Waals surface area contributed by atoms with Gasteiger partial charge in [-0.05, 0) is 31.4 Å². The number of carbonyl (C=O) groups is 1. The number of methoxy groups -OCH3 is 2. The molecule has 1 aromatic carbocycles. The van der Waals surface area contributed by atoms with Crippen molar-refractivity contribution in [3.05, 3.63) is 23.8 Å². The van der Waals surface area contributed by atoms with Crippen LogP contribution in [0.15, 0.2) is 18.2 Å². The van der Waals surface area contributed by atoms with Crippen LogP contribution in [0, 0.1) is 0 Å². The highest BCUT2D eigenvalue weighted by molar-refractivity contribution is 5.97. The lowest BCUT2D eigenvalue weighted by Crippen LogP contribution is -2.33. The molecule has 1 fully saturated rings. The molecule has 5 nitrogen and oxygen atoms in total. The average molecular weight is 264 g/mol. The van der Waals surface area contributed by atoms with Gasteiger partial charge >= 0.3 is 0 Å². The number of amides is 1. The van der Waals surface area contributed by atoms with Crippen LogP contribution in [-0.4, -0.2) is 32.3 Å². The molecule has 3 N–H and O–H groups in total. The van der Waals surface area contributed by atoms with E-state index in [4.69, 9.17) is 15.2 Å². The van der Waals surface area contributed by atoms with Gasteiger partial charge < -0.3 is 20.5 Å². The Bertz CT molecular complexity index is 462. The van der Waals surface area contributed by atoms with Crippen LogP contribution in [0.5, 0.6) is 5.75 Å². The number of nitrogens with one attached hydrogen (secondary N) is 1. The second-order valence-electron chi connectivity index (χ2n) is 4.80. The van der Waals surface area contributed by atoms with Crippen LogP contribution < -0.4 is 15.8 Å². The second kappa shape index (κ2) is 5.93. The van der Waals surface area contributed by atoms with Gasteiger partial charge in [0.25, 0.3) is 5.91 Å². The summed E-state index contributed by atoms with van der Waals surface area (Å²) >= 11 is 0. The molecule has 0 bridgehead atoms. The molecule has 0 aromatic heterocycles. The molecule has 2 unspecified atom stereocenters. The minimum atomic E-state index is -0.126. The Hall–Kier alpha value is -1.75. The van der Waals surface area contributed by atoms with Crippen molar-refractivity contribution in [1.29, 1.82) is 0 Å². The molecule has 2 atom stereocenters. The summed E-state index contributed by atoms with van der Waals surface area (Å²) in [6.45, 7) is 0. The average Bonchev–Trinajstić information content (AvgIpc) is 2.86. The molecule has 104 valence electrons. The maximum absolute atomic E-state index is 12.2. The Morgan fingerprint density at radius 3 is 2.79 bits per heavy atom. The summed E-state index contributed by atoms with van der Waals surface area (Å²) in [6, 6.07) is 5.21. The van der Waals surface area contributed by atoms with Crippen LogP contribution in [0.2, 0.25) is 0 Å². The lowest BCUT2D eigenvalue weighted by molar-refractivity contribution is 0.0912. The maximum Gasteiger partial charge on any atom is 0.255 e. The van der Waals surface area contributed by atoms with E-state index in [2.05, 4.69) is 5.32 Å². The van der Waals surface area contributed by atoms with E-state index in [0.29, 0.717) is 17.0 Å². The molecule has 1 aliphatic carbocycles. The van der Waals surface area contributed by atoms with E-state index in [1.807, 2.05) is 0 Å². The molecule has 2 rings (SSSR count). The highest BCUT2D eigenvalue weighted by atomic mass is 16.5. The minimum absolute atomic E-state index is 0.126. The largest absolute Gasteiger partial charge is 0.496 e. The molecule has 0 heterocycles.